The second-order valence-electron chi connectivity index (χ2n) is 6.52. The van der Waals surface area contributed by atoms with Crippen LogP contribution in [0.1, 0.15) is 0 Å². The lowest BCUT2D eigenvalue weighted by molar-refractivity contribution is 0.461. The molecular weight excluding hydrogens is 444 g/mol. The maximum absolute atomic E-state index is 11.7. The second kappa shape index (κ2) is 7.39. The van der Waals surface area contributed by atoms with Crippen molar-refractivity contribution in [2.24, 2.45) is 10.2 Å². The highest BCUT2D eigenvalue weighted by atomic mass is 32.2. The molecule has 4 rings (SSSR count). The molecule has 0 aliphatic rings. The van der Waals surface area contributed by atoms with E-state index in [2.05, 4.69) is 10.2 Å². The SMILES string of the molecule is O=S(=O)([O-])c1ccc(N=Nc2c(O)ccc3cccc(S(=O)(=O)[O-])c23)c2ccccc12. The molecule has 31 heavy (non-hydrogen) atoms. The predicted molar refractivity (Wildman–Crippen MR) is 110 cm³/mol. The van der Waals surface area contributed by atoms with Gasteiger partial charge in [-0.2, -0.15) is 0 Å². The lowest BCUT2D eigenvalue weighted by atomic mass is 10.1. The van der Waals surface area contributed by atoms with Gasteiger partial charge in [-0.15, -0.1) is 10.2 Å². The summed E-state index contributed by atoms with van der Waals surface area (Å²) in [7, 11) is -9.61. The minimum Gasteiger partial charge on any atom is -0.744 e. The number of benzene rings is 4. The van der Waals surface area contributed by atoms with E-state index in [1.54, 1.807) is 18.2 Å². The fourth-order valence-electron chi connectivity index (χ4n) is 3.29. The van der Waals surface area contributed by atoms with Crippen LogP contribution < -0.4 is 0 Å². The van der Waals surface area contributed by atoms with Gasteiger partial charge in [-0.05, 0) is 29.7 Å². The Kier molecular flexibility index (Phi) is 4.98. The maximum atomic E-state index is 11.7. The zero-order chi connectivity index (χ0) is 22.4. The third kappa shape index (κ3) is 3.86. The molecule has 0 radical (unpaired) electrons. The highest BCUT2D eigenvalue weighted by molar-refractivity contribution is 7.86. The predicted octanol–water partition coefficient (Wildman–Crippen LogP) is 3.92. The van der Waals surface area contributed by atoms with Crippen LogP contribution in [0.3, 0.4) is 0 Å². The van der Waals surface area contributed by atoms with Gasteiger partial charge < -0.3 is 14.2 Å². The van der Waals surface area contributed by atoms with Gasteiger partial charge in [0.25, 0.3) is 0 Å². The van der Waals surface area contributed by atoms with Crippen molar-refractivity contribution < 1.29 is 31.0 Å². The fourth-order valence-corrected chi connectivity index (χ4v) is 4.68. The van der Waals surface area contributed by atoms with Crippen molar-refractivity contribution in [3.63, 3.8) is 0 Å². The van der Waals surface area contributed by atoms with E-state index in [1.807, 2.05) is 0 Å². The summed E-state index contributed by atoms with van der Waals surface area (Å²) < 4.78 is 69.7. The van der Waals surface area contributed by atoms with Crippen LogP contribution in [-0.2, 0) is 20.2 Å². The normalized spacial score (nSPS) is 12.7. The van der Waals surface area contributed by atoms with Crippen molar-refractivity contribution >= 4 is 53.2 Å². The zero-order valence-electron chi connectivity index (χ0n) is 15.5. The fraction of sp³-hybridized carbons (Fsp3) is 0. The Labute approximate surface area is 176 Å². The van der Waals surface area contributed by atoms with Crippen LogP contribution in [0.5, 0.6) is 5.75 Å². The minimum absolute atomic E-state index is 0.0932. The summed E-state index contributed by atoms with van der Waals surface area (Å²) in [5.74, 6) is -0.407. The van der Waals surface area contributed by atoms with Crippen LogP contribution in [0, 0.1) is 0 Å². The first-order valence-corrected chi connectivity index (χ1v) is 11.5. The first-order chi connectivity index (χ1) is 14.6. The Morgan fingerprint density at radius 1 is 0.677 bits per heavy atom. The molecule has 4 aromatic carbocycles. The molecule has 0 aliphatic carbocycles. The molecule has 0 saturated heterocycles. The number of rotatable bonds is 4. The third-order valence-corrected chi connectivity index (χ3v) is 6.39. The molecule has 0 aliphatic heterocycles. The van der Waals surface area contributed by atoms with Gasteiger partial charge in [0.2, 0.25) is 0 Å². The van der Waals surface area contributed by atoms with Gasteiger partial charge in [0.15, 0.2) is 0 Å². The molecular formula is C20H12N2O7S2-2. The van der Waals surface area contributed by atoms with E-state index >= 15 is 0 Å². The molecule has 1 N–H and O–H groups in total. The van der Waals surface area contributed by atoms with Crippen LogP contribution in [-0.4, -0.2) is 31.0 Å². The van der Waals surface area contributed by atoms with Crippen LogP contribution >= 0.6 is 0 Å². The molecule has 0 heterocycles. The molecule has 9 nitrogen and oxygen atoms in total. The first-order valence-electron chi connectivity index (χ1n) is 8.67. The molecule has 4 aromatic rings. The van der Waals surface area contributed by atoms with Crippen molar-refractivity contribution in [2.75, 3.05) is 0 Å². The van der Waals surface area contributed by atoms with Gasteiger partial charge in [0.1, 0.15) is 31.7 Å². The summed E-state index contributed by atoms with van der Waals surface area (Å²) in [6.07, 6.45) is 0. The Morgan fingerprint density at radius 2 is 1.35 bits per heavy atom. The number of hydrogen-bond acceptors (Lipinski definition) is 9. The Balaban J connectivity index is 1.97. The maximum Gasteiger partial charge on any atom is 0.143 e. The van der Waals surface area contributed by atoms with Crippen molar-refractivity contribution in [1.82, 2.24) is 0 Å². The van der Waals surface area contributed by atoms with Crippen molar-refractivity contribution in [1.29, 1.82) is 0 Å². The van der Waals surface area contributed by atoms with Gasteiger partial charge in [-0.3, -0.25) is 0 Å². The highest BCUT2D eigenvalue weighted by Crippen LogP contribution is 2.40. The van der Waals surface area contributed by atoms with Crippen molar-refractivity contribution in [3.05, 3.63) is 66.7 Å². The topological polar surface area (TPSA) is 159 Å². The van der Waals surface area contributed by atoms with Gasteiger partial charge in [-0.25, -0.2) is 16.8 Å². The summed E-state index contributed by atoms with van der Waals surface area (Å²) in [5.41, 5.74) is -0.0704. The largest absolute Gasteiger partial charge is 0.744 e. The summed E-state index contributed by atoms with van der Waals surface area (Å²) >= 11 is 0. The van der Waals surface area contributed by atoms with Gasteiger partial charge in [0, 0.05) is 16.2 Å². The average molecular weight is 456 g/mol. The Bertz CT molecular complexity index is 1600. The molecule has 0 amide bonds. The van der Waals surface area contributed by atoms with E-state index in [1.165, 1.54) is 36.4 Å². The summed E-state index contributed by atoms with van der Waals surface area (Å²) in [4.78, 5) is -0.984. The van der Waals surface area contributed by atoms with E-state index in [0.29, 0.717) is 10.8 Å². The van der Waals surface area contributed by atoms with Gasteiger partial charge in [-0.1, -0.05) is 42.5 Å². The number of nitrogens with zero attached hydrogens (tertiary/aromatic N) is 2. The molecule has 0 unspecified atom stereocenters. The molecule has 158 valence electrons. The van der Waals surface area contributed by atoms with Crippen LogP contribution in [0.25, 0.3) is 21.5 Å². The summed E-state index contributed by atoms with van der Waals surface area (Å²) in [5, 5.41) is 19.0. The van der Waals surface area contributed by atoms with E-state index in [4.69, 9.17) is 0 Å². The van der Waals surface area contributed by atoms with Crippen LogP contribution in [0.2, 0.25) is 0 Å². The molecule has 0 fully saturated rings. The molecule has 0 atom stereocenters. The van der Waals surface area contributed by atoms with Gasteiger partial charge in [0.05, 0.1) is 15.5 Å². The lowest BCUT2D eigenvalue weighted by Gasteiger charge is -2.13. The number of phenols is 1. The smallest absolute Gasteiger partial charge is 0.143 e. The van der Waals surface area contributed by atoms with E-state index < -0.39 is 35.8 Å². The Hall–Kier alpha value is -3.38. The molecule has 0 aromatic heterocycles. The van der Waals surface area contributed by atoms with Crippen LogP contribution in [0.15, 0.2) is 86.7 Å². The number of hydrogen-bond donors (Lipinski definition) is 1. The number of fused-ring (bicyclic) bond motifs is 2. The molecule has 0 saturated carbocycles. The molecule has 0 bridgehead atoms. The molecule has 11 heteroatoms. The number of aromatic hydroxyl groups is 1. The molecule has 0 spiro atoms. The second-order valence-corrected chi connectivity index (χ2v) is 9.22. The van der Waals surface area contributed by atoms with Crippen molar-refractivity contribution in [2.45, 2.75) is 9.79 Å². The summed E-state index contributed by atoms with van der Waals surface area (Å²) in [6.45, 7) is 0. The standard InChI is InChI=1S/C20H14N2O7S2/c23-16-10-8-12-4-3-7-18(31(27,28)29)19(12)20(16)22-21-15-9-11-17(30(24,25)26)14-6-2-1-5-13(14)15/h1-11,23H,(H,24,25,26)(H,27,28,29)/p-2. The van der Waals surface area contributed by atoms with E-state index in [-0.39, 0.29) is 22.1 Å². The summed E-state index contributed by atoms with van der Waals surface area (Å²) in [6, 6.07) is 15.3. The quantitative estimate of drug-likeness (QED) is 0.360. The highest BCUT2D eigenvalue weighted by Gasteiger charge is 2.15. The zero-order valence-corrected chi connectivity index (χ0v) is 17.1. The van der Waals surface area contributed by atoms with Crippen LogP contribution in [0.4, 0.5) is 11.4 Å². The lowest BCUT2D eigenvalue weighted by Crippen LogP contribution is -1.99. The Morgan fingerprint density at radius 3 is 2.03 bits per heavy atom. The van der Waals surface area contributed by atoms with Crippen molar-refractivity contribution in [3.8, 4) is 5.75 Å². The van der Waals surface area contributed by atoms with Gasteiger partial charge >= 0.3 is 0 Å². The third-order valence-electron chi connectivity index (χ3n) is 4.62. The van der Waals surface area contributed by atoms with E-state index in [0.717, 1.165) is 12.1 Å². The average Bonchev–Trinajstić information content (AvgIpc) is 2.71. The first kappa shape index (κ1) is 20.9. The number of phenolic OH excluding ortho intramolecular Hbond substituents is 1. The number of azo groups is 1. The monoisotopic (exact) mass is 456 g/mol. The minimum atomic E-state index is -4.87. The van der Waals surface area contributed by atoms with E-state index in [9.17, 15) is 31.0 Å².